The number of hydrogen-bond acceptors (Lipinski definition) is 7. The Morgan fingerprint density at radius 3 is 2.50 bits per heavy atom. The van der Waals surface area contributed by atoms with Crippen molar-refractivity contribution in [1.29, 1.82) is 0 Å². The summed E-state index contributed by atoms with van der Waals surface area (Å²) in [6.45, 7) is 5.27. The number of carbonyl (C=O) groups excluding carboxylic acids is 1. The average molecular weight is 545 g/mol. The monoisotopic (exact) mass is 544 g/mol. The first kappa shape index (κ1) is 25.5. The summed E-state index contributed by atoms with van der Waals surface area (Å²) in [4.78, 5) is 23.6. The fourth-order valence-corrected chi connectivity index (χ4v) is 8.54. The van der Waals surface area contributed by atoms with Crippen molar-refractivity contribution in [1.82, 2.24) is 14.2 Å². The molecule has 36 heavy (non-hydrogen) atoms. The van der Waals surface area contributed by atoms with E-state index in [1.165, 1.54) is 9.60 Å². The second-order valence-corrected chi connectivity index (χ2v) is 13.0. The number of para-hydroxylation sites is 1. The highest BCUT2D eigenvalue weighted by atomic mass is 32.2. The van der Waals surface area contributed by atoms with E-state index in [1.807, 2.05) is 11.8 Å². The number of carbonyl (C=O) groups is 1. The smallest absolute Gasteiger partial charge is 0.253 e. The van der Waals surface area contributed by atoms with Crippen LogP contribution in [0.3, 0.4) is 0 Å². The molecule has 1 atom stereocenters. The first-order valence-electron chi connectivity index (χ1n) is 12.5. The van der Waals surface area contributed by atoms with Crippen molar-refractivity contribution in [3.05, 3.63) is 48.0 Å². The Morgan fingerprint density at radius 1 is 1.06 bits per heavy atom. The van der Waals surface area contributed by atoms with Gasteiger partial charge in [0.1, 0.15) is 0 Å². The van der Waals surface area contributed by atoms with E-state index in [1.54, 1.807) is 51.7 Å². The van der Waals surface area contributed by atoms with E-state index in [0.29, 0.717) is 25.2 Å². The van der Waals surface area contributed by atoms with Crippen LogP contribution in [-0.2, 0) is 10.0 Å². The Bertz CT molecular complexity index is 1330. The number of thiazole rings is 1. The van der Waals surface area contributed by atoms with Crippen molar-refractivity contribution in [2.75, 3.05) is 43.9 Å². The highest BCUT2D eigenvalue weighted by molar-refractivity contribution is 7.98. The van der Waals surface area contributed by atoms with E-state index in [9.17, 15) is 13.2 Å². The van der Waals surface area contributed by atoms with Crippen LogP contribution in [0.5, 0.6) is 0 Å². The highest BCUT2D eigenvalue weighted by Crippen LogP contribution is 2.34. The predicted octanol–water partition coefficient (Wildman–Crippen LogP) is 4.93. The Balaban J connectivity index is 1.24. The van der Waals surface area contributed by atoms with Gasteiger partial charge in [-0.25, -0.2) is 13.4 Å². The molecule has 2 aromatic carbocycles. The molecule has 2 aliphatic rings. The number of sulfonamides is 1. The number of thioether (sulfide) groups is 1. The van der Waals surface area contributed by atoms with E-state index in [2.05, 4.69) is 29.4 Å². The van der Waals surface area contributed by atoms with E-state index < -0.39 is 10.0 Å². The summed E-state index contributed by atoms with van der Waals surface area (Å²) in [5.74, 6) is -0.0584. The lowest BCUT2D eigenvalue weighted by Crippen LogP contribution is -2.48. The number of anilines is 1. The van der Waals surface area contributed by atoms with Crippen LogP contribution < -0.4 is 4.90 Å². The van der Waals surface area contributed by atoms with Gasteiger partial charge in [0.2, 0.25) is 10.0 Å². The van der Waals surface area contributed by atoms with Gasteiger partial charge in [-0.05, 0) is 61.9 Å². The second-order valence-electron chi connectivity index (χ2n) is 9.28. The summed E-state index contributed by atoms with van der Waals surface area (Å²) in [5.41, 5.74) is 1.58. The molecular weight excluding hydrogens is 513 g/mol. The third-order valence-corrected chi connectivity index (χ3v) is 11.0. The van der Waals surface area contributed by atoms with Gasteiger partial charge in [0.25, 0.3) is 5.91 Å². The van der Waals surface area contributed by atoms with Gasteiger partial charge in [0, 0.05) is 49.2 Å². The first-order chi connectivity index (χ1) is 17.4. The lowest BCUT2D eigenvalue weighted by molar-refractivity contribution is 0.0746. The minimum absolute atomic E-state index is 0.0584. The van der Waals surface area contributed by atoms with Crippen LogP contribution in [-0.4, -0.2) is 73.5 Å². The molecule has 0 radical (unpaired) electrons. The van der Waals surface area contributed by atoms with Crippen molar-refractivity contribution in [3.8, 4) is 0 Å². The molecular formula is C26H32N4O3S3. The Kier molecular flexibility index (Phi) is 7.57. The SMILES string of the molecule is CCC1CCCCN1S(=O)(=O)c1ccc(C(=O)N2CCN(c3nc4c(SC)cccc4s3)CC2)cc1. The van der Waals surface area contributed by atoms with Gasteiger partial charge in [0.05, 0.1) is 15.1 Å². The molecule has 2 saturated heterocycles. The fourth-order valence-electron chi connectivity index (χ4n) is 5.10. The summed E-state index contributed by atoms with van der Waals surface area (Å²) in [6, 6.07) is 12.8. The lowest BCUT2D eigenvalue weighted by Gasteiger charge is -2.35. The number of rotatable bonds is 6. The quantitative estimate of drug-likeness (QED) is 0.410. The molecule has 0 spiro atoms. The maximum atomic E-state index is 13.2. The highest BCUT2D eigenvalue weighted by Gasteiger charge is 2.32. The van der Waals surface area contributed by atoms with E-state index >= 15 is 0 Å². The van der Waals surface area contributed by atoms with Gasteiger partial charge in [-0.1, -0.05) is 30.7 Å². The summed E-state index contributed by atoms with van der Waals surface area (Å²) in [5, 5.41) is 0.997. The largest absolute Gasteiger partial charge is 0.345 e. The molecule has 0 bridgehead atoms. The van der Waals surface area contributed by atoms with Crippen LogP contribution in [0.4, 0.5) is 5.13 Å². The molecule has 10 heteroatoms. The Labute approximate surface area is 221 Å². The van der Waals surface area contributed by atoms with Crippen LogP contribution in [0, 0.1) is 0 Å². The molecule has 3 heterocycles. The molecule has 1 aromatic heterocycles. The number of hydrogen-bond donors (Lipinski definition) is 0. The zero-order valence-corrected chi connectivity index (χ0v) is 23.2. The number of fused-ring (bicyclic) bond motifs is 1. The summed E-state index contributed by atoms with van der Waals surface area (Å²) in [7, 11) is -3.55. The van der Waals surface area contributed by atoms with Gasteiger partial charge in [0.15, 0.2) is 5.13 Å². The Hall–Kier alpha value is -2.14. The van der Waals surface area contributed by atoms with Gasteiger partial charge in [-0.2, -0.15) is 4.31 Å². The molecule has 192 valence electrons. The van der Waals surface area contributed by atoms with Gasteiger partial charge >= 0.3 is 0 Å². The number of amides is 1. The zero-order valence-electron chi connectivity index (χ0n) is 20.7. The molecule has 1 unspecified atom stereocenters. The topological polar surface area (TPSA) is 73.8 Å². The molecule has 2 aliphatic heterocycles. The minimum Gasteiger partial charge on any atom is -0.345 e. The second kappa shape index (κ2) is 10.7. The van der Waals surface area contributed by atoms with Gasteiger partial charge < -0.3 is 9.80 Å². The van der Waals surface area contributed by atoms with Crippen molar-refractivity contribution in [2.24, 2.45) is 0 Å². The molecule has 0 saturated carbocycles. The molecule has 1 amide bonds. The standard InChI is InChI=1S/C26H32N4O3S3/c1-3-20-7-4-5-14-30(20)36(32,33)21-12-10-19(11-13-21)25(31)28-15-17-29(18-16-28)26-27-24-22(34-2)8-6-9-23(24)35-26/h6,8-13,20H,3-5,7,14-18H2,1-2H3. The summed E-state index contributed by atoms with van der Waals surface area (Å²) >= 11 is 3.40. The first-order valence-corrected chi connectivity index (χ1v) is 16.0. The minimum atomic E-state index is -3.55. The number of piperazine rings is 1. The van der Waals surface area contributed by atoms with Crippen molar-refractivity contribution in [2.45, 2.75) is 48.4 Å². The van der Waals surface area contributed by atoms with Crippen LogP contribution in [0.1, 0.15) is 43.0 Å². The van der Waals surface area contributed by atoms with Crippen molar-refractivity contribution < 1.29 is 13.2 Å². The summed E-state index contributed by atoms with van der Waals surface area (Å²) in [6.07, 6.45) is 5.76. The number of piperidine rings is 1. The maximum absolute atomic E-state index is 13.2. The average Bonchev–Trinajstić information content (AvgIpc) is 3.37. The zero-order chi connectivity index (χ0) is 25.3. The van der Waals surface area contributed by atoms with Crippen LogP contribution in [0.25, 0.3) is 10.2 Å². The molecule has 3 aromatic rings. The van der Waals surface area contributed by atoms with Crippen molar-refractivity contribution in [3.63, 3.8) is 0 Å². The molecule has 2 fully saturated rings. The molecule has 7 nitrogen and oxygen atoms in total. The lowest BCUT2D eigenvalue weighted by atomic mass is 10.0. The fraction of sp³-hybridized carbons (Fsp3) is 0.462. The van der Waals surface area contributed by atoms with E-state index in [-0.39, 0.29) is 16.8 Å². The van der Waals surface area contributed by atoms with Crippen LogP contribution in [0.2, 0.25) is 0 Å². The van der Waals surface area contributed by atoms with Gasteiger partial charge in [-0.3, -0.25) is 4.79 Å². The third kappa shape index (κ3) is 4.88. The molecule has 0 N–H and O–H groups in total. The summed E-state index contributed by atoms with van der Waals surface area (Å²) < 4.78 is 29.3. The number of aromatic nitrogens is 1. The van der Waals surface area contributed by atoms with Crippen molar-refractivity contribution >= 4 is 54.4 Å². The normalized spacial score (nSPS) is 19.7. The number of nitrogens with zero attached hydrogens (tertiary/aromatic N) is 4. The predicted molar refractivity (Wildman–Crippen MR) is 148 cm³/mol. The molecule has 5 rings (SSSR count). The van der Waals surface area contributed by atoms with Crippen LogP contribution >= 0.6 is 23.1 Å². The van der Waals surface area contributed by atoms with E-state index in [0.717, 1.165) is 49.4 Å². The third-order valence-electron chi connectivity index (χ3n) is 7.18. The van der Waals surface area contributed by atoms with Gasteiger partial charge in [-0.15, -0.1) is 11.8 Å². The maximum Gasteiger partial charge on any atom is 0.253 e. The Morgan fingerprint density at radius 2 is 1.81 bits per heavy atom. The van der Waals surface area contributed by atoms with Crippen LogP contribution in [0.15, 0.2) is 52.3 Å². The number of benzene rings is 2. The van der Waals surface area contributed by atoms with E-state index in [4.69, 9.17) is 4.98 Å². The molecule has 0 aliphatic carbocycles.